The molecular formula is C12H24Cl2N4O. The Morgan fingerprint density at radius 3 is 2.53 bits per heavy atom. The fourth-order valence-electron chi connectivity index (χ4n) is 1.79. The molecule has 2 N–H and O–H groups in total. The van der Waals surface area contributed by atoms with E-state index >= 15 is 0 Å². The average Bonchev–Trinajstić information content (AvgIpc) is 2.71. The highest BCUT2D eigenvalue weighted by Crippen LogP contribution is 2.06. The van der Waals surface area contributed by atoms with Crippen molar-refractivity contribution >= 4 is 30.7 Å². The average molecular weight is 311 g/mol. The minimum absolute atomic E-state index is 0. The Balaban J connectivity index is 0. The molecule has 1 atom stereocenters. The van der Waals surface area contributed by atoms with Crippen LogP contribution in [0.4, 0.5) is 0 Å². The van der Waals surface area contributed by atoms with Gasteiger partial charge in [0.1, 0.15) is 0 Å². The molecule has 0 aromatic carbocycles. The highest BCUT2D eigenvalue weighted by molar-refractivity contribution is 5.85. The third-order valence-corrected chi connectivity index (χ3v) is 2.74. The van der Waals surface area contributed by atoms with Crippen LogP contribution in [0.2, 0.25) is 0 Å². The van der Waals surface area contributed by atoms with Gasteiger partial charge in [-0.3, -0.25) is 9.48 Å². The number of aryl methyl sites for hydroxylation is 1. The zero-order chi connectivity index (χ0) is 12.8. The van der Waals surface area contributed by atoms with E-state index in [9.17, 15) is 4.79 Å². The van der Waals surface area contributed by atoms with Crippen molar-refractivity contribution in [2.45, 2.75) is 39.3 Å². The van der Waals surface area contributed by atoms with Crippen LogP contribution in [0.5, 0.6) is 0 Å². The van der Waals surface area contributed by atoms with Gasteiger partial charge in [0, 0.05) is 31.9 Å². The number of likely N-dealkylation sites (N-methyl/N-ethyl adjacent to an activating group) is 1. The number of nitrogens with zero attached hydrogens (tertiary/aromatic N) is 3. The normalized spacial score (nSPS) is 11.2. The van der Waals surface area contributed by atoms with Crippen LogP contribution in [0.25, 0.3) is 0 Å². The van der Waals surface area contributed by atoms with Gasteiger partial charge in [-0.05, 0) is 13.3 Å². The van der Waals surface area contributed by atoms with Gasteiger partial charge >= 0.3 is 0 Å². The molecule has 1 aromatic heterocycles. The molecule has 0 saturated heterocycles. The van der Waals surface area contributed by atoms with Gasteiger partial charge in [-0.25, -0.2) is 0 Å². The molecule has 0 aliphatic rings. The first-order chi connectivity index (χ1) is 8.08. The molecule has 1 rings (SSSR count). The van der Waals surface area contributed by atoms with Gasteiger partial charge in [0.05, 0.1) is 12.2 Å². The molecule has 0 aliphatic heterocycles. The number of aromatic nitrogens is 2. The minimum atomic E-state index is -0.378. The van der Waals surface area contributed by atoms with E-state index < -0.39 is 0 Å². The monoisotopic (exact) mass is 310 g/mol. The van der Waals surface area contributed by atoms with Crippen LogP contribution in [0.1, 0.15) is 32.3 Å². The van der Waals surface area contributed by atoms with Crippen molar-refractivity contribution in [3.8, 4) is 0 Å². The predicted molar refractivity (Wildman–Crippen MR) is 81.7 cm³/mol. The Bertz CT molecular complexity index is 370. The number of carbonyl (C=O) groups is 1. The van der Waals surface area contributed by atoms with Gasteiger partial charge in [-0.2, -0.15) is 5.10 Å². The molecule has 7 heteroatoms. The first-order valence-corrected chi connectivity index (χ1v) is 6.10. The Labute approximate surface area is 127 Å². The Morgan fingerprint density at radius 1 is 1.47 bits per heavy atom. The van der Waals surface area contributed by atoms with E-state index in [1.54, 1.807) is 15.8 Å². The SMILES string of the molecule is CCCC(N)C(=O)N(CC)Cc1cnn(C)c1.Cl.Cl. The second-order valence-electron chi connectivity index (χ2n) is 4.27. The number of amides is 1. The number of halogens is 2. The molecule has 1 heterocycles. The summed E-state index contributed by atoms with van der Waals surface area (Å²) in [7, 11) is 1.87. The maximum atomic E-state index is 12.0. The topological polar surface area (TPSA) is 64.2 Å². The van der Waals surface area contributed by atoms with Crippen molar-refractivity contribution in [3.63, 3.8) is 0 Å². The molecule has 0 aliphatic carbocycles. The van der Waals surface area contributed by atoms with Crippen molar-refractivity contribution in [1.82, 2.24) is 14.7 Å². The van der Waals surface area contributed by atoms with Crippen LogP contribution in [0, 0.1) is 0 Å². The molecule has 112 valence electrons. The molecule has 5 nitrogen and oxygen atoms in total. The Kier molecular flexibility index (Phi) is 10.9. The van der Waals surface area contributed by atoms with Gasteiger partial charge in [0.15, 0.2) is 0 Å². The largest absolute Gasteiger partial charge is 0.337 e. The Hall–Kier alpha value is -0.780. The maximum absolute atomic E-state index is 12.0. The molecule has 1 aromatic rings. The second-order valence-corrected chi connectivity index (χ2v) is 4.27. The maximum Gasteiger partial charge on any atom is 0.239 e. The lowest BCUT2D eigenvalue weighted by molar-refractivity contribution is -0.133. The summed E-state index contributed by atoms with van der Waals surface area (Å²) >= 11 is 0. The lowest BCUT2D eigenvalue weighted by Crippen LogP contribution is -2.43. The molecule has 0 fully saturated rings. The summed E-state index contributed by atoms with van der Waals surface area (Å²) in [4.78, 5) is 13.8. The van der Waals surface area contributed by atoms with Gasteiger partial charge in [0.25, 0.3) is 0 Å². The van der Waals surface area contributed by atoms with Crippen LogP contribution < -0.4 is 5.73 Å². The van der Waals surface area contributed by atoms with E-state index in [-0.39, 0.29) is 36.8 Å². The van der Waals surface area contributed by atoms with Gasteiger partial charge < -0.3 is 10.6 Å². The van der Waals surface area contributed by atoms with E-state index in [1.807, 2.05) is 27.1 Å². The van der Waals surface area contributed by atoms with E-state index in [2.05, 4.69) is 5.10 Å². The summed E-state index contributed by atoms with van der Waals surface area (Å²) in [6.07, 6.45) is 5.36. The van der Waals surface area contributed by atoms with E-state index in [4.69, 9.17) is 5.73 Å². The number of hydrogen-bond acceptors (Lipinski definition) is 3. The lowest BCUT2D eigenvalue weighted by Gasteiger charge is -2.23. The molecule has 1 unspecified atom stereocenters. The van der Waals surface area contributed by atoms with Crippen LogP contribution in [-0.2, 0) is 18.4 Å². The minimum Gasteiger partial charge on any atom is -0.337 e. The van der Waals surface area contributed by atoms with Crippen LogP contribution in [-0.4, -0.2) is 33.2 Å². The van der Waals surface area contributed by atoms with Crippen molar-refractivity contribution in [2.75, 3.05) is 6.54 Å². The third kappa shape index (κ3) is 6.27. The standard InChI is InChI=1S/C12H22N4O.2ClH/c1-4-6-11(13)12(17)16(5-2)9-10-7-14-15(3)8-10;;/h7-8,11H,4-6,9,13H2,1-3H3;2*1H. The van der Waals surface area contributed by atoms with Crippen molar-refractivity contribution < 1.29 is 4.79 Å². The summed E-state index contributed by atoms with van der Waals surface area (Å²) < 4.78 is 1.74. The summed E-state index contributed by atoms with van der Waals surface area (Å²) in [6.45, 7) is 5.25. The highest BCUT2D eigenvalue weighted by atomic mass is 35.5. The quantitative estimate of drug-likeness (QED) is 0.870. The zero-order valence-electron chi connectivity index (χ0n) is 11.7. The van der Waals surface area contributed by atoms with Gasteiger partial charge in [-0.1, -0.05) is 13.3 Å². The number of rotatable bonds is 6. The lowest BCUT2D eigenvalue weighted by atomic mass is 10.1. The third-order valence-electron chi connectivity index (χ3n) is 2.74. The summed E-state index contributed by atoms with van der Waals surface area (Å²) in [5.41, 5.74) is 6.88. The van der Waals surface area contributed by atoms with Crippen LogP contribution in [0.15, 0.2) is 12.4 Å². The first kappa shape index (κ1) is 20.5. The Morgan fingerprint density at radius 2 is 2.11 bits per heavy atom. The number of carbonyl (C=O) groups excluding carboxylic acids is 1. The van der Waals surface area contributed by atoms with E-state index in [0.29, 0.717) is 13.1 Å². The fourth-order valence-corrected chi connectivity index (χ4v) is 1.79. The highest BCUT2D eigenvalue weighted by Gasteiger charge is 2.19. The predicted octanol–water partition coefficient (Wildman–Crippen LogP) is 1.74. The van der Waals surface area contributed by atoms with Gasteiger partial charge in [0.2, 0.25) is 5.91 Å². The van der Waals surface area contributed by atoms with Crippen LogP contribution >= 0.6 is 24.8 Å². The molecule has 0 spiro atoms. The number of hydrogen-bond donors (Lipinski definition) is 1. The molecular weight excluding hydrogens is 287 g/mol. The molecule has 1 amide bonds. The molecule has 19 heavy (non-hydrogen) atoms. The summed E-state index contributed by atoms with van der Waals surface area (Å²) in [5, 5.41) is 4.09. The smallest absolute Gasteiger partial charge is 0.239 e. The molecule has 0 saturated carbocycles. The number of nitrogens with two attached hydrogens (primary N) is 1. The summed E-state index contributed by atoms with van der Waals surface area (Å²) in [5.74, 6) is 0.0261. The van der Waals surface area contributed by atoms with E-state index in [0.717, 1.165) is 18.4 Å². The fraction of sp³-hybridized carbons (Fsp3) is 0.667. The van der Waals surface area contributed by atoms with Crippen molar-refractivity contribution in [2.24, 2.45) is 12.8 Å². The van der Waals surface area contributed by atoms with Crippen LogP contribution in [0.3, 0.4) is 0 Å². The van der Waals surface area contributed by atoms with E-state index in [1.165, 1.54) is 0 Å². The molecule has 0 radical (unpaired) electrons. The van der Waals surface area contributed by atoms with Crippen molar-refractivity contribution in [1.29, 1.82) is 0 Å². The zero-order valence-corrected chi connectivity index (χ0v) is 13.3. The second kappa shape index (κ2) is 10.1. The van der Waals surface area contributed by atoms with Gasteiger partial charge in [-0.15, -0.1) is 24.8 Å². The van der Waals surface area contributed by atoms with Crippen molar-refractivity contribution in [3.05, 3.63) is 18.0 Å². The first-order valence-electron chi connectivity index (χ1n) is 6.10. The molecule has 0 bridgehead atoms. The summed E-state index contributed by atoms with van der Waals surface area (Å²) in [6, 6.07) is -0.378.